The van der Waals surface area contributed by atoms with Gasteiger partial charge in [-0.2, -0.15) is 0 Å². The smallest absolute Gasteiger partial charge is 0.227 e. The Kier molecular flexibility index (Phi) is 5.40. The lowest BCUT2D eigenvalue weighted by molar-refractivity contribution is -0.141. The number of hydrogen-bond donors (Lipinski definition) is 1. The number of aliphatic hydroxyl groups excluding tert-OH is 1. The van der Waals surface area contributed by atoms with Gasteiger partial charge in [-0.25, -0.2) is 0 Å². The lowest BCUT2D eigenvalue weighted by Gasteiger charge is -2.35. The molecule has 0 spiro atoms. The summed E-state index contributed by atoms with van der Waals surface area (Å²) >= 11 is 0. The lowest BCUT2D eigenvalue weighted by Crippen LogP contribution is -2.48. The van der Waals surface area contributed by atoms with Gasteiger partial charge in [-0.1, -0.05) is 6.92 Å². The first-order valence-corrected chi connectivity index (χ1v) is 7.86. The summed E-state index contributed by atoms with van der Waals surface area (Å²) in [6, 6.07) is 0.330. The monoisotopic (exact) mass is 282 g/mol. The van der Waals surface area contributed by atoms with Crippen molar-refractivity contribution in [3.8, 4) is 0 Å². The van der Waals surface area contributed by atoms with Crippen LogP contribution in [0.2, 0.25) is 0 Å². The molecule has 20 heavy (non-hydrogen) atoms. The molecule has 0 aromatic carbocycles. The molecular formula is C15H26N2O3. The van der Waals surface area contributed by atoms with Crippen LogP contribution in [-0.4, -0.2) is 59.0 Å². The number of piperidine rings is 1. The maximum absolute atomic E-state index is 12.6. The molecule has 2 fully saturated rings. The van der Waals surface area contributed by atoms with Crippen LogP contribution < -0.4 is 0 Å². The van der Waals surface area contributed by atoms with Crippen LogP contribution in [-0.2, 0) is 9.59 Å². The maximum Gasteiger partial charge on any atom is 0.227 e. The fourth-order valence-electron chi connectivity index (χ4n) is 2.98. The first-order chi connectivity index (χ1) is 9.67. The van der Waals surface area contributed by atoms with Gasteiger partial charge < -0.3 is 14.9 Å². The van der Waals surface area contributed by atoms with E-state index in [1.54, 1.807) is 0 Å². The van der Waals surface area contributed by atoms with Crippen molar-refractivity contribution in [3.63, 3.8) is 0 Å². The summed E-state index contributed by atoms with van der Waals surface area (Å²) in [5, 5.41) is 9.11. The Balaban J connectivity index is 1.93. The molecule has 1 heterocycles. The molecule has 0 bridgehead atoms. The maximum atomic E-state index is 12.6. The van der Waals surface area contributed by atoms with Crippen LogP contribution in [0, 0.1) is 5.92 Å². The number of nitrogens with zero attached hydrogens (tertiary/aromatic N) is 2. The predicted molar refractivity (Wildman–Crippen MR) is 76.0 cm³/mol. The second-order valence-electron chi connectivity index (χ2n) is 5.92. The van der Waals surface area contributed by atoms with Crippen molar-refractivity contribution in [2.45, 2.75) is 51.5 Å². The third-order valence-corrected chi connectivity index (χ3v) is 4.20. The topological polar surface area (TPSA) is 60.9 Å². The first kappa shape index (κ1) is 15.3. The molecule has 1 N–H and O–H groups in total. The number of hydrogen-bond acceptors (Lipinski definition) is 3. The molecule has 2 aliphatic rings. The van der Waals surface area contributed by atoms with Crippen molar-refractivity contribution in [1.29, 1.82) is 0 Å². The number of aliphatic hydroxyl groups is 1. The lowest BCUT2D eigenvalue weighted by atomic mass is 9.96. The second kappa shape index (κ2) is 7.07. The summed E-state index contributed by atoms with van der Waals surface area (Å²) in [5.74, 6) is 0.234. The van der Waals surface area contributed by atoms with Crippen LogP contribution in [0.3, 0.4) is 0 Å². The third-order valence-electron chi connectivity index (χ3n) is 4.20. The van der Waals surface area contributed by atoms with E-state index in [0.29, 0.717) is 25.6 Å². The van der Waals surface area contributed by atoms with Crippen LogP contribution >= 0.6 is 0 Å². The standard InChI is InChI=1S/C15H26N2O3/c1-2-4-14(19)16-8-3-5-12(11-16)15(20)17(9-10-18)13-6-7-13/h12-13,18H,2-11H2,1H3. The van der Waals surface area contributed by atoms with E-state index in [-0.39, 0.29) is 24.3 Å². The van der Waals surface area contributed by atoms with Crippen LogP contribution in [0.1, 0.15) is 45.4 Å². The van der Waals surface area contributed by atoms with Crippen molar-refractivity contribution in [3.05, 3.63) is 0 Å². The fourth-order valence-corrected chi connectivity index (χ4v) is 2.98. The Hall–Kier alpha value is -1.10. The van der Waals surface area contributed by atoms with Gasteiger partial charge in [-0.3, -0.25) is 9.59 Å². The molecule has 1 saturated heterocycles. The Bertz CT molecular complexity index is 355. The summed E-state index contributed by atoms with van der Waals surface area (Å²) in [4.78, 5) is 28.2. The second-order valence-corrected chi connectivity index (χ2v) is 5.92. The van der Waals surface area contributed by atoms with E-state index in [2.05, 4.69) is 0 Å². The Morgan fingerprint density at radius 3 is 2.65 bits per heavy atom. The molecule has 5 heteroatoms. The van der Waals surface area contributed by atoms with E-state index in [1.807, 2.05) is 16.7 Å². The molecule has 1 aliphatic heterocycles. The Morgan fingerprint density at radius 1 is 1.30 bits per heavy atom. The SMILES string of the molecule is CCCC(=O)N1CCCC(C(=O)N(CCO)C2CC2)C1. The van der Waals surface area contributed by atoms with E-state index in [4.69, 9.17) is 5.11 Å². The Morgan fingerprint density at radius 2 is 2.05 bits per heavy atom. The third kappa shape index (κ3) is 3.72. The van der Waals surface area contributed by atoms with Gasteiger partial charge in [0.25, 0.3) is 0 Å². The van der Waals surface area contributed by atoms with E-state index in [0.717, 1.165) is 38.6 Å². The van der Waals surface area contributed by atoms with Crippen molar-refractivity contribution in [2.75, 3.05) is 26.2 Å². The number of amides is 2. The number of carbonyl (C=O) groups excluding carboxylic acids is 2. The van der Waals surface area contributed by atoms with Crippen LogP contribution in [0.25, 0.3) is 0 Å². The van der Waals surface area contributed by atoms with Crippen molar-refractivity contribution in [1.82, 2.24) is 9.80 Å². The summed E-state index contributed by atoms with van der Waals surface area (Å²) in [6.45, 7) is 3.80. The highest BCUT2D eigenvalue weighted by Crippen LogP contribution is 2.29. The summed E-state index contributed by atoms with van der Waals surface area (Å²) < 4.78 is 0. The highest BCUT2D eigenvalue weighted by atomic mass is 16.3. The van der Waals surface area contributed by atoms with Gasteiger partial charge in [-0.15, -0.1) is 0 Å². The Labute approximate surface area is 120 Å². The zero-order chi connectivity index (χ0) is 14.5. The molecule has 1 aliphatic carbocycles. The number of rotatable bonds is 6. The molecule has 2 rings (SSSR count). The van der Waals surface area contributed by atoms with Crippen molar-refractivity contribution in [2.24, 2.45) is 5.92 Å². The number of carbonyl (C=O) groups is 2. The van der Waals surface area contributed by atoms with E-state index >= 15 is 0 Å². The zero-order valence-electron chi connectivity index (χ0n) is 12.4. The number of likely N-dealkylation sites (tertiary alicyclic amines) is 1. The summed E-state index contributed by atoms with van der Waals surface area (Å²) in [5.41, 5.74) is 0. The normalized spacial score (nSPS) is 22.7. The quantitative estimate of drug-likeness (QED) is 0.791. The molecule has 2 amide bonds. The van der Waals surface area contributed by atoms with Gasteiger partial charge in [-0.05, 0) is 32.1 Å². The van der Waals surface area contributed by atoms with Gasteiger partial charge in [0.05, 0.1) is 12.5 Å². The van der Waals surface area contributed by atoms with Gasteiger partial charge in [0, 0.05) is 32.1 Å². The molecular weight excluding hydrogens is 256 g/mol. The van der Waals surface area contributed by atoms with E-state index in [9.17, 15) is 9.59 Å². The van der Waals surface area contributed by atoms with Crippen molar-refractivity contribution < 1.29 is 14.7 Å². The first-order valence-electron chi connectivity index (χ1n) is 7.86. The van der Waals surface area contributed by atoms with Gasteiger partial charge in [0.2, 0.25) is 11.8 Å². The highest BCUT2D eigenvalue weighted by molar-refractivity contribution is 5.82. The molecule has 0 aromatic heterocycles. The van der Waals surface area contributed by atoms with Crippen molar-refractivity contribution >= 4 is 11.8 Å². The molecule has 1 unspecified atom stereocenters. The average Bonchev–Trinajstić information content (AvgIpc) is 3.29. The van der Waals surface area contributed by atoms with Crippen LogP contribution in [0.5, 0.6) is 0 Å². The molecule has 0 aromatic rings. The van der Waals surface area contributed by atoms with Gasteiger partial charge in [0.1, 0.15) is 0 Å². The van der Waals surface area contributed by atoms with E-state index in [1.165, 1.54) is 0 Å². The molecule has 1 atom stereocenters. The summed E-state index contributed by atoms with van der Waals surface area (Å²) in [6.07, 6.45) is 5.30. The summed E-state index contributed by atoms with van der Waals surface area (Å²) in [7, 11) is 0. The van der Waals surface area contributed by atoms with Crippen LogP contribution in [0.4, 0.5) is 0 Å². The van der Waals surface area contributed by atoms with E-state index < -0.39 is 0 Å². The van der Waals surface area contributed by atoms with Gasteiger partial charge in [0.15, 0.2) is 0 Å². The van der Waals surface area contributed by atoms with Gasteiger partial charge >= 0.3 is 0 Å². The molecule has 114 valence electrons. The fraction of sp³-hybridized carbons (Fsp3) is 0.867. The molecule has 0 radical (unpaired) electrons. The molecule has 5 nitrogen and oxygen atoms in total. The van der Waals surface area contributed by atoms with Crippen LogP contribution in [0.15, 0.2) is 0 Å². The minimum absolute atomic E-state index is 0.0213. The minimum atomic E-state index is -0.0725. The zero-order valence-corrected chi connectivity index (χ0v) is 12.4. The highest BCUT2D eigenvalue weighted by Gasteiger charge is 2.37. The predicted octanol–water partition coefficient (Wildman–Crippen LogP) is 1.01. The molecule has 1 saturated carbocycles. The average molecular weight is 282 g/mol. The largest absolute Gasteiger partial charge is 0.395 e. The minimum Gasteiger partial charge on any atom is -0.395 e.